The van der Waals surface area contributed by atoms with Crippen molar-refractivity contribution in [2.24, 2.45) is 0 Å². The fraction of sp³-hybridized carbons (Fsp3) is 0.700. The molecule has 2 N–H and O–H groups in total. The first-order chi connectivity index (χ1) is 7.63. The summed E-state index contributed by atoms with van der Waals surface area (Å²) in [6, 6.07) is 0.0860. The van der Waals surface area contributed by atoms with Gasteiger partial charge in [0.2, 0.25) is 5.91 Å². The molecule has 5 nitrogen and oxygen atoms in total. The average molecular weight is 240 g/mol. The second-order valence-electron chi connectivity index (χ2n) is 4.13. The minimum atomic E-state index is -0.290. The maximum Gasteiger partial charge on any atom is 0.243 e. The summed E-state index contributed by atoms with van der Waals surface area (Å²) in [7, 11) is 0. The molecule has 0 radical (unpaired) electrons. The summed E-state index contributed by atoms with van der Waals surface area (Å²) in [6.07, 6.45) is 2.94. The molecule has 1 aromatic rings. The van der Waals surface area contributed by atoms with Gasteiger partial charge in [-0.1, -0.05) is 6.92 Å². The van der Waals surface area contributed by atoms with Gasteiger partial charge in [-0.05, 0) is 32.0 Å². The number of rotatable bonds is 4. The highest BCUT2D eigenvalue weighted by Gasteiger charge is 2.27. The number of aromatic nitrogens is 3. The predicted molar refractivity (Wildman–Crippen MR) is 62.7 cm³/mol. The molecule has 0 aromatic carbocycles. The van der Waals surface area contributed by atoms with E-state index in [0.717, 1.165) is 25.1 Å². The van der Waals surface area contributed by atoms with Crippen LogP contribution in [-0.4, -0.2) is 26.7 Å². The maximum atomic E-state index is 11.9. The Morgan fingerprint density at radius 2 is 2.44 bits per heavy atom. The van der Waals surface area contributed by atoms with E-state index in [1.54, 1.807) is 4.57 Å². The Labute approximate surface area is 99.2 Å². The number of carbonyl (C=O) groups excluding carboxylic acids is 1. The van der Waals surface area contributed by atoms with Crippen LogP contribution in [0.3, 0.4) is 0 Å². The number of hydrogen-bond acceptors (Lipinski definition) is 3. The molecule has 1 amide bonds. The van der Waals surface area contributed by atoms with E-state index in [-0.39, 0.29) is 11.9 Å². The van der Waals surface area contributed by atoms with Gasteiger partial charge in [0.1, 0.15) is 11.9 Å². The second-order valence-corrected chi connectivity index (χ2v) is 4.51. The van der Waals surface area contributed by atoms with Crippen LogP contribution in [0.25, 0.3) is 0 Å². The van der Waals surface area contributed by atoms with E-state index in [1.165, 1.54) is 0 Å². The molecule has 0 aliphatic heterocycles. The van der Waals surface area contributed by atoms with E-state index in [1.807, 2.05) is 13.8 Å². The van der Waals surface area contributed by atoms with Crippen molar-refractivity contribution in [3.63, 3.8) is 0 Å². The third-order valence-electron chi connectivity index (χ3n) is 2.78. The number of amides is 1. The van der Waals surface area contributed by atoms with Crippen molar-refractivity contribution in [1.29, 1.82) is 0 Å². The second kappa shape index (κ2) is 4.37. The highest BCUT2D eigenvalue weighted by atomic mass is 32.1. The molecule has 1 unspecified atom stereocenters. The Morgan fingerprint density at radius 1 is 1.75 bits per heavy atom. The highest BCUT2D eigenvalue weighted by Crippen LogP contribution is 2.20. The van der Waals surface area contributed by atoms with Gasteiger partial charge in [-0.2, -0.15) is 5.10 Å². The van der Waals surface area contributed by atoms with Crippen molar-refractivity contribution >= 4 is 18.1 Å². The Balaban J connectivity index is 2.17. The average Bonchev–Trinajstić information content (AvgIpc) is 2.99. The topological polar surface area (TPSA) is 62.7 Å². The third kappa shape index (κ3) is 2.16. The van der Waals surface area contributed by atoms with Crippen molar-refractivity contribution in [2.45, 2.75) is 45.2 Å². The van der Waals surface area contributed by atoms with Crippen LogP contribution in [0.5, 0.6) is 0 Å². The van der Waals surface area contributed by atoms with Crippen LogP contribution < -0.4 is 5.32 Å². The Kier molecular flexibility index (Phi) is 3.09. The number of nitrogens with one attached hydrogen (secondary N) is 2. The van der Waals surface area contributed by atoms with Crippen LogP contribution in [0.4, 0.5) is 0 Å². The smallest absolute Gasteiger partial charge is 0.243 e. The molecule has 1 aromatic heterocycles. The van der Waals surface area contributed by atoms with Gasteiger partial charge in [0.05, 0.1) is 0 Å². The molecular weight excluding hydrogens is 224 g/mol. The summed E-state index contributed by atoms with van der Waals surface area (Å²) in [5.41, 5.74) is 0. The number of aromatic amines is 1. The Hall–Kier alpha value is -1.17. The number of hydrogen-bond donors (Lipinski definition) is 2. The van der Waals surface area contributed by atoms with Gasteiger partial charge in [-0.3, -0.25) is 14.5 Å². The Morgan fingerprint density at radius 3 is 3.00 bits per heavy atom. The van der Waals surface area contributed by atoms with E-state index < -0.39 is 0 Å². The van der Waals surface area contributed by atoms with Crippen LogP contribution in [0.1, 0.15) is 38.6 Å². The lowest BCUT2D eigenvalue weighted by molar-refractivity contribution is -0.124. The fourth-order valence-electron chi connectivity index (χ4n) is 1.65. The molecule has 0 bridgehead atoms. The molecule has 6 heteroatoms. The molecule has 1 fully saturated rings. The normalized spacial score (nSPS) is 17.1. The zero-order valence-corrected chi connectivity index (χ0v) is 10.3. The van der Waals surface area contributed by atoms with E-state index in [4.69, 9.17) is 12.2 Å². The van der Waals surface area contributed by atoms with Crippen molar-refractivity contribution in [3.05, 3.63) is 10.6 Å². The zero-order chi connectivity index (χ0) is 11.7. The van der Waals surface area contributed by atoms with Gasteiger partial charge in [0, 0.05) is 12.5 Å². The van der Waals surface area contributed by atoms with Crippen LogP contribution in [-0.2, 0) is 11.2 Å². The lowest BCUT2D eigenvalue weighted by Gasteiger charge is -2.14. The van der Waals surface area contributed by atoms with Crippen LogP contribution in [0.2, 0.25) is 0 Å². The molecular formula is C10H16N4OS. The zero-order valence-electron chi connectivity index (χ0n) is 9.49. The van der Waals surface area contributed by atoms with Gasteiger partial charge >= 0.3 is 0 Å². The lowest BCUT2D eigenvalue weighted by Crippen LogP contribution is -2.33. The molecule has 1 aliphatic carbocycles. The number of carbonyl (C=O) groups is 1. The van der Waals surface area contributed by atoms with Crippen molar-refractivity contribution in [3.8, 4) is 0 Å². The lowest BCUT2D eigenvalue weighted by atomic mass is 10.3. The summed E-state index contributed by atoms with van der Waals surface area (Å²) in [5, 5.41) is 9.80. The minimum Gasteiger partial charge on any atom is -0.352 e. The first kappa shape index (κ1) is 11.3. The van der Waals surface area contributed by atoms with Gasteiger partial charge in [0.15, 0.2) is 4.77 Å². The summed E-state index contributed by atoms with van der Waals surface area (Å²) in [6.45, 7) is 3.84. The number of H-pyrrole nitrogens is 1. The molecule has 0 spiro atoms. The van der Waals surface area contributed by atoms with Gasteiger partial charge in [-0.15, -0.1) is 0 Å². The molecule has 2 rings (SSSR count). The first-order valence-electron chi connectivity index (χ1n) is 5.59. The van der Waals surface area contributed by atoms with Crippen LogP contribution >= 0.6 is 12.2 Å². The molecule has 16 heavy (non-hydrogen) atoms. The van der Waals surface area contributed by atoms with Crippen molar-refractivity contribution in [1.82, 2.24) is 20.1 Å². The third-order valence-corrected chi connectivity index (χ3v) is 3.07. The molecule has 1 aliphatic rings. The maximum absolute atomic E-state index is 11.9. The number of aryl methyl sites for hydroxylation is 1. The summed E-state index contributed by atoms with van der Waals surface area (Å²) in [5.74, 6) is 0.846. The number of nitrogens with zero attached hydrogens (tertiary/aromatic N) is 2. The minimum absolute atomic E-state index is 0.0229. The molecule has 0 saturated heterocycles. The van der Waals surface area contributed by atoms with Crippen molar-refractivity contribution in [2.75, 3.05) is 0 Å². The molecule has 88 valence electrons. The van der Waals surface area contributed by atoms with Gasteiger partial charge in [-0.25, -0.2) is 0 Å². The quantitative estimate of drug-likeness (QED) is 0.781. The largest absolute Gasteiger partial charge is 0.352 e. The summed E-state index contributed by atoms with van der Waals surface area (Å²) in [4.78, 5) is 11.9. The van der Waals surface area contributed by atoms with Crippen LogP contribution in [0, 0.1) is 4.77 Å². The SMILES string of the molecule is CCc1n[nH]c(=S)n1C(C)C(=O)NC1CC1. The van der Waals surface area contributed by atoms with E-state index in [2.05, 4.69) is 15.5 Å². The standard InChI is InChI=1S/C10H16N4OS/c1-3-8-12-13-10(16)14(8)6(2)9(15)11-7-4-5-7/h6-7H,3-5H2,1-2H3,(H,11,15)(H,13,16). The monoisotopic (exact) mass is 240 g/mol. The molecule has 1 saturated carbocycles. The first-order valence-corrected chi connectivity index (χ1v) is 6.00. The van der Waals surface area contributed by atoms with Crippen molar-refractivity contribution < 1.29 is 4.79 Å². The van der Waals surface area contributed by atoms with Crippen LogP contribution in [0.15, 0.2) is 0 Å². The van der Waals surface area contributed by atoms with E-state index >= 15 is 0 Å². The summed E-state index contributed by atoms with van der Waals surface area (Å²) < 4.78 is 2.29. The van der Waals surface area contributed by atoms with Gasteiger partial charge < -0.3 is 5.32 Å². The predicted octanol–water partition coefficient (Wildman–Crippen LogP) is 1.34. The highest BCUT2D eigenvalue weighted by molar-refractivity contribution is 7.71. The molecule has 1 atom stereocenters. The fourth-order valence-corrected chi connectivity index (χ4v) is 1.96. The molecule has 1 heterocycles. The van der Waals surface area contributed by atoms with E-state index in [0.29, 0.717) is 10.8 Å². The van der Waals surface area contributed by atoms with E-state index in [9.17, 15) is 4.79 Å². The van der Waals surface area contributed by atoms with Gasteiger partial charge in [0.25, 0.3) is 0 Å². The Bertz CT molecular complexity index is 446. The summed E-state index contributed by atoms with van der Waals surface area (Å²) >= 11 is 5.13.